The predicted octanol–water partition coefficient (Wildman–Crippen LogP) is 4.08. The highest BCUT2D eigenvalue weighted by molar-refractivity contribution is 5.82. The van der Waals surface area contributed by atoms with Crippen LogP contribution in [0.2, 0.25) is 0 Å². The van der Waals surface area contributed by atoms with Crippen LogP contribution in [0.5, 0.6) is 0 Å². The Morgan fingerprint density at radius 2 is 2.10 bits per heavy atom. The third-order valence-electron chi connectivity index (χ3n) is 5.92. The van der Waals surface area contributed by atoms with Crippen molar-refractivity contribution in [3.05, 3.63) is 52.9 Å². The molecule has 0 unspecified atom stereocenters. The van der Waals surface area contributed by atoms with Gasteiger partial charge in [-0.3, -0.25) is 5.10 Å². The van der Waals surface area contributed by atoms with Crippen LogP contribution in [-0.4, -0.2) is 46.0 Å². The highest BCUT2D eigenvalue weighted by Crippen LogP contribution is 2.37. The van der Waals surface area contributed by atoms with E-state index in [0.717, 1.165) is 52.4 Å². The maximum atomic E-state index is 15.0. The summed E-state index contributed by atoms with van der Waals surface area (Å²) in [6.07, 6.45) is 6.39. The van der Waals surface area contributed by atoms with Gasteiger partial charge in [0, 0.05) is 24.0 Å². The third-order valence-corrected chi connectivity index (χ3v) is 5.92. The van der Waals surface area contributed by atoms with Gasteiger partial charge in [0.25, 0.3) is 0 Å². The zero-order valence-corrected chi connectivity index (χ0v) is 17.4. The first-order chi connectivity index (χ1) is 14.5. The van der Waals surface area contributed by atoms with Gasteiger partial charge < -0.3 is 9.64 Å². The predicted molar refractivity (Wildman–Crippen MR) is 115 cm³/mol. The molecule has 5 rings (SSSR count). The fourth-order valence-corrected chi connectivity index (χ4v) is 4.42. The molecule has 0 saturated carbocycles. The smallest absolute Gasteiger partial charge is 0.222 e. The van der Waals surface area contributed by atoms with Gasteiger partial charge in [0.05, 0.1) is 36.2 Å². The van der Waals surface area contributed by atoms with Gasteiger partial charge in [-0.05, 0) is 56.0 Å². The molecule has 0 aromatic carbocycles. The highest BCUT2D eigenvalue weighted by Gasteiger charge is 2.25. The Morgan fingerprint density at radius 3 is 2.87 bits per heavy atom. The van der Waals surface area contributed by atoms with E-state index >= 15 is 0 Å². The number of H-pyrrole nitrogens is 1. The van der Waals surface area contributed by atoms with E-state index in [1.807, 2.05) is 32.1 Å². The van der Waals surface area contributed by atoms with E-state index in [1.165, 1.54) is 0 Å². The topological polar surface area (TPSA) is 66.9 Å². The number of morpholine rings is 1. The molecule has 154 valence electrons. The van der Waals surface area contributed by atoms with Crippen LogP contribution in [-0.2, 0) is 11.2 Å². The Morgan fingerprint density at radius 1 is 1.23 bits per heavy atom. The fourth-order valence-electron chi connectivity index (χ4n) is 4.42. The lowest BCUT2D eigenvalue weighted by Gasteiger charge is -2.34. The van der Waals surface area contributed by atoms with Gasteiger partial charge in [0.2, 0.25) is 5.95 Å². The Labute approximate surface area is 174 Å². The van der Waals surface area contributed by atoms with Crippen molar-refractivity contribution in [3.8, 4) is 22.4 Å². The van der Waals surface area contributed by atoms with E-state index in [-0.39, 0.29) is 6.04 Å². The number of hydrogen-bond acceptors (Lipinski definition) is 5. The molecule has 1 fully saturated rings. The quantitative estimate of drug-likeness (QED) is 0.665. The van der Waals surface area contributed by atoms with E-state index in [4.69, 9.17) is 9.72 Å². The third kappa shape index (κ3) is 3.10. The van der Waals surface area contributed by atoms with E-state index < -0.39 is 5.95 Å². The van der Waals surface area contributed by atoms with Crippen molar-refractivity contribution in [2.24, 2.45) is 0 Å². The van der Waals surface area contributed by atoms with Crippen LogP contribution in [0.3, 0.4) is 0 Å². The SMILES string of the molecule is Cc1n[nH]c(C)c1-c1cc(-c2c(F)ncc3c2C=CC3)nc(N2CCOC[C@H]2C)c1. The van der Waals surface area contributed by atoms with Crippen LogP contribution in [0, 0.1) is 19.8 Å². The standard InChI is InChI=1S/C23H24FN5O/c1-13-12-30-8-7-29(13)20-10-17(21-14(2)27-28-15(21)3)9-19(26-20)22-18-6-4-5-16(18)11-25-23(22)24/h4,6,9-11,13H,5,7-8,12H2,1-3H3,(H,27,28)/t13-/m1/s1. The first-order valence-electron chi connectivity index (χ1n) is 10.3. The molecule has 4 heterocycles. The van der Waals surface area contributed by atoms with Gasteiger partial charge in [-0.25, -0.2) is 9.97 Å². The molecular formula is C23H24FN5O. The first kappa shape index (κ1) is 18.9. The van der Waals surface area contributed by atoms with Crippen LogP contribution in [0.15, 0.2) is 24.4 Å². The number of hydrogen-bond donors (Lipinski definition) is 1. The zero-order valence-electron chi connectivity index (χ0n) is 17.4. The average Bonchev–Trinajstić information content (AvgIpc) is 3.34. The van der Waals surface area contributed by atoms with Crippen molar-refractivity contribution < 1.29 is 9.13 Å². The summed E-state index contributed by atoms with van der Waals surface area (Å²) in [5, 5.41) is 7.40. The Kier molecular flexibility index (Phi) is 4.62. The lowest BCUT2D eigenvalue weighted by Crippen LogP contribution is -2.44. The molecule has 30 heavy (non-hydrogen) atoms. The van der Waals surface area contributed by atoms with Gasteiger partial charge in [0.15, 0.2) is 0 Å². The van der Waals surface area contributed by atoms with Gasteiger partial charge >= 0.3 is 0 Å². The summed E-state index contributed by atoms with van der Waals surface area (Å²) in [6.45, 7) is 8.12. The molecule has 0 radical (unpaired) electrons. The van der Waals surface area contributed by atoms with Crippen LogP contribution < -0.4 is 4.90 Å². The molecule has 1 aliphatic carbocycles. The van der Waals surface area contributed by atoms with Crippen LogP contribution in [0.25, 0.3) is 28.5 Å². The minimum absolute atomic E-state index is 0.185. The average molecular weight is 405 g/mol. The number of nitrogens with one attached hydrogen (secondary N) is 1. The molecule has 1 aliphatic heterocycles. The summed E-state index contributed by atoms with van der Waals surface area (Å²) in [6, 6.07) is 4.21. The second kappa shape index (κ2) is 7.32. The molecule has 1 atom stereocenters. The summed E-state index contributed by atoms with van der Waals surface area (Å²) < 4.78 is 20.6. The molecule has 0 amide bonds. The molecular weight excluding hydrogens is 381 g/mol. The number of aromatic amines is 1. The summed E-state index contributed by atoms with van der Waals surface area (Å²) in [5.74, 6) is 0.323. The Balaban J connectivity index is 1.74. The van der Waals surface area contributed by atoms with E-state index in [2.05, 4.69) is 33.1 Å². The number of allylic oxidation sites excluding steroid dienone is 1. The number of ether oxygens (including phenoxy) is 1. The van der Waals surface area contributed by atoms with Crippen LogP contribution >= 0.6 is 0 Å². The van der Waals surface area contributed by atoms with E-state index in [0.29, 0.717) is 24.5 Å². The molecule has 1 saturated heterocycles. The maximum Gasteiger partial charge on any atom is 0.222 e. The van der Waals surface area contributed by atoms with Gasteiger partial charge in [0.1, 0.15) is 5.82 Å². The Bertz CT molecular complexity index is 1130. The van der Waals surface area contributed by atoms with Crippen molar-refractivity contribution in [2.45, 2.75) is 33.2 Å². The number of anilines is 1. The minimum atomic E-state index is -0.494. The molecule has 7 heteroatoms. The van der Waals surface area contributed by atoms with E-state index in [1.54, 1.807) is 6.20 Å². The van der Waals surface area contributed by atoms with Crippen molar-refractivity contribution in [3.63, 3.8) is 0 Å². The molecule has 3 aromatic heterocycles. The number of halogens is 1. The monoisotopic (exact) mass is 405 g/mol. The minimum Gasteiger partial charge on any atom is -0.377 e. The van der Waals surface area contributed by atoms with Crippen molar-refractivity contribution in [2.75, 3.05) is 24.7 Å². The van der Waals surface area contributed by atoms with Gasteiger partial charge in [-0.1, -0.05) is 12.2 Å². The second-order valence-electron chi connectivity index (χ2n) is 8.00. The fraction of sp³-hybridized carbons (Fsp3) is 0.348. The lowest BCUT2D eigenvalue weighted by atomic mass is 9.98. The molecule has 6 nitrogen and oxygen atoms in total. The summed E-state index contributed by atoms with van der Waals surface area (Å²) in [5.41, 5.74) is 6.82. The molecule has 0 bridgehead atoms. The number of nitrogens with zero attached hydrogens (tertiary/aromatic N) is 4. The number of rotatable bonds is 3. The van der Waals surface area contributed by atoms with Crippen LogP contribution in [0.4, 0.5) is 10.2 Å². The molecule has 1 N–H and O–H groups in total. The number of aryl methyl sites for hydroxylation is 2. The van der Waals surface area contributed by atoms with Crippen molar-refractivity contribution >= 4 is 11.9 Å². The summed E-state index contributed by atoms with van der Waals surface area (Å²) in [4.78, 5) is 11.2. The van der Waals surface area contributed by atoms with Crippen molar-refractivity contribution in [1.82, 2.24) is 20.2 Å². The van der Waals surface area contributed by atoms with Crippen LogP contribution in [0.1, 0.15) is 29.4 Å². The van der Waals surface area contributed by atoms with Gasteiger partial charge in [-0.2, -0.15) is 9.49 Å². The number of aromatic nitrogens is 4. The maximum absolute atomic E-state index is 15.0. The second-order valence-corrected chi connectivity index (χ2v) is 8.00. The van der Waals surface area contributed by atoms with E-state index in [9.17, 15) is 4.39 Å². The zero-order chi connectivity index (χ0) is 20.8. The summed E-state index contributed by atoms with van der Waals surface area (Å²) >= 11 is 0. The lowest BCUT2D eigenvalue weighted by molar-refractivity contribution is 0.0985. The molecule has 2 aliphatic rings. The van der Waals surface area contributed by atoms with Crippen molar-refractivity contribution in [1.29, 1.82) is 0 Å². The Hall–Kier alpha value is -3.06. The first-order valence-corrected chi connectivity index (χ1v) is 10.3. The molecule has 0 spiro atoms. The number of fused-ring (bicyclic) bond motifs is 1. The number of pyridine rings is 2. The summed E-state index contributed by atoms with van der Waals surface area (Å²) in [7, 11) is 0. The largest absolute Gasteiger partial charge is 0.377 e. The van der Waals surface area contributed by atoms with Gasteiger partial charge in [-0.15, -0.1) is 0 Å². The highest BCUT2D eigenvalue weighted by atomic mass is 19.1. The molecule has 3 aromatic rings. The normalized spacial score (nSPS) is 18.1.